The van der Waals surface area contributed by atoms with Gasteiger partial charge in [0.15, 0.2) is 6.10 Å². The topological polar surface area (TPSA) is 78.9 Å². The Kier molecular flexibility index (Phi) is 45.7. The predicted molar refractivity (Wildman–Crippen MR) is 256 cm³/mol. The summed E-state index contributed by atoms with van der Waals surface area (Å²) in [6.07, 6.45) is 48.0. The summed E-state index contributed by atoms with van der Waals surface area (Å²) in [5, 5.41) is 0. The summed E-state index contributed by atoms with van der Waals surface area (Å²) in [6, 6.07) is 0. The zero-order valence-electron chi connectivity index (χ0n) is 41.1. The third-order valence-corrected chi connectivity index (χ3v) is 12.6. The summed E-state index contributed by atoms with van der Waals surface area (Å²) >= 11 is 0. The molecule has 0 aliphatic carbocycles. The molecule has 1 unspecified atom stereocenters. The molecule has 356 valence electrons. The molecule has 60 heavy (non-hydrogen) atoms. The van der Waals surface area contributed by atoms with Gasteiger partial charge >= 0.3 is 17.9 Å². The number of rotatable bonds is 48. The quantitative estimate of drug-likeness (QED) is 0.0345. The average molecular weight is 849 g/mol. The van der Waals surface area contributed by atoms with E-state index in [0.717, 1.165) is 69.6 Å². The summed E-state index contributed by atoms with van der Waals surface area (Å²) in [5.74, 6) is 0.804. The monoisotopic (exact) mass is 849 g/mol. The normalized spacial score (nSPS) is 12.5. The van der Waals surface area contributed by atoms with Crippen LogP contribution in [-0.2, 0) is 28.6 Å². The van der Waals surface area contributed by atoms with Crippen LogP contribution in [-0.4, -0.2) is 37.2 Å². The SMILES string of the molecule is CCCCCCCCCCCCCCCCCCCCC(=O)OC[C@H](COC(=O)CCCCCCCCCCCC(C)C)OC(=O)CCCCCCCCCCC(C)CC. The predicted octanol–water partition coefficient (Wildman–Crippen LogP) is 17.3. The van der Waals surface area contributed by atoms with Gasteiger partial charge in [0, 0.05) is 19.3 Å². The van der Waals surface area contributed by atoms with Crippen LogP contribution in [0.4, 0.5) is 0 Å². The van der Waals surface area contributed by atoms with Crippen LogP contribution in [0.2, 0.25) is 0 Å². The summed E-state index contributed by atoms with van der Waals surface area (Å²) in [4.78, 5) is 38.0. The van der Waals surface area contributed by atoms with E-state index in [9.17, 15) is 14.4 Å². The lowest BCUT2D eigenvalue weighted by molar-refractivity contribution is -0.167. The fourth-order valence-corrected chi connectivity index (χ4v) is 8.13. The van der Waals surface area contributed by atoms with Gasteiger partial charge in [0.1, 0.15) is 13.2 Å². The van der Waals surface area contributed by atoms with Crippen molar-refractivity contribution < 1.29 is 28.6 Å². The van der Waals surface area contributed by atoms with E-state index in [0.29, 0.717) is 19.3 Å². The zero-order chi connectivity index (χ0) is 44.0. The largest absolute Gasteiger partial charge is 0.462 e. The van der Waals surface area contributed by atoms with Crippen molar-refractivity contribution in [3.05, 3.63) is 0 Å². The van der Waals surface area contributed by atoms with Crippen LogP contribution in [0.1, 0.15) is 298 Å². The number of ether oxygens (including phenoxy) is 3. The maximum Gasteiger partial charge on any atom is 0.306 e. The van der Waals surface area contributed by atoms with Gasteiger partial charge in [-0.1, -0.05) is 259 Å². The smallest absolute Gasteiger partial charge is 0.306 e. The molecule has 0 amide bonds. The average Bonchev–Trinajstić information content (AvgIpc) is 3.23. The molecule has 0 saturated heterocycles. The highest BCUT2D eigenvalue weighted by Gasteiger charge is 2.19. The number of esters is 3. The molecular weight excluding hydrogens is 745 g/mol. The fourth-order valence-electron chi connectivity index (χ4n) is 8.13. The number of carbonyl (C=O) groups excluding carboxylic acids is 3. The van der Waals surface area contributed by atoms with E-state index < -0.39 is 6.10 Å². The van der Waals surface area contributed by atoms with Crippen molar-refractivity contribution >= 4 is 17.9 Å². The first-order valence-corrected chi connectivity index (χ1v) is 26.8. The van der Waals surface area contributed by atoms with Crippen LogP contribution in [0.5, 0.6) is 0 Å². The Morgan fingerprint density at radius 2 is 0.633 bits per heavy atom. The Morgan fingerprint density at radius 1 is 0.350 bits per heavy atom. The maximum atomic E-state index is 12.8. The molecule has 0 aromatic rings. The van der Waals surface area contributed by atoms with Crippen molar-refractivity contribution in [1.29, 1.82) is 0 Å². The molecule has 0 aliphatic heterocycles. The molecule has 0 spiro atoms. The molecular formula is C54H104O6. The molecule has 0 radical (unpaired) electrons. The Balaban J connectivity index is 4.27. The molecule has 0 N–H and O–H groups in total. The van der Waals surface area contributed by atoms with Gasteiger partial charge < -0.3 is 14.2 Å². The van der Waals surface area contributed by atoms with E-state index in [2.05, 4.69) is 34.6 Å². The second kappa shape index (κ2) is 46.9. The van der Waals surface area contributed by atoms with E-state index in [4.69, 9.17) is 14.2 Å². The van der Waals surface area contributed by atoms with E-state index in [1.165, 1.54) is 186 Å². The second-order valence-electron chi connectivity index (χ2n) is 19.2. The van der Waals surface area contributed by atoms with Crippen molar-refractivity contribution in [3.8, 4) is 0 Å². The summed E-state index contributed by atoms with van der Waals surface area (Å²) in [6.45, 7) is 11.4. The molecule has 0 heterocycles. The fraction of sp³-hybridized carbons (Fsp3) is 0.944. The first-order chi connectivity index (χ1) is 29.3. The van der Waals surface area contributed by atoms with Crippen LogP contribution in [0, 0.1) is 11.8 Å². The highest BCUT2D eigenvalue weighted by Crippen LogP contribution is 2.18. The molecule has 0 aromatic carbocycles. The van der Waals surface area contributed by atoms with Gasteiger partial charge in [-0.2, -0.15) is 0 Å². The standard InChI is InChI=1S/C54H104O6/c1-6-8-9-10-11-12-13-14-15-16-17-18-19-20-23-29-34-39-44-52(55)58-47-51(60-54(57)46-41-36-31-26-25-28-33-38-43-50(5)7-2)48-59-53(56)45-40-35-30-24-21-22-27-32-37-42-49(3)4/h49-51H,6-48H2,1-5H3/t50?,51-/m1/s1. The van der Waals surface area contributed by atoms with Crippen molar-refractivity contribution in [2.45, 2.75) is 304 Å². The number of hydrogen-bond acceptors (Lipinski definition) is 6. The molecule has 0 bridgehead atoms. The van der Waals surface area contributed by atoms with Gasteiger partial charge in [-0.05, 0) is 31.1 Å². The molecule has 6 heteroatoms. The highest BCUT2D eigenvalue weighted by molar-refractivity contribution is 5.71. The van der Waals surface area contributed by atoms with Crippen LogP contribution >= 0.6 is 0 Å². The minimum absolute atomic E-state index is 0.0641. The van der Waals surface area contributed by atoms with Gasteiger partial charge in [0.05, 0.1) is 0 Å². The third-order valence-electron chi connectivity index (χ3n) is 12.6. The van der Waals surface area contributed by atoms with Crippen LogP contribution in [0.25, 0.3) is 0 Å². The first-order valence-electron chi connectivity index (χ1n) is 26.8. The Bertz CT molecular complexity index is 918. The zero-order valence-corrected chi connectivity index (χ0v) is 41.1. The van der Waals surface area contributed by atoms with Crippen LogP contribution < -0.4 is 0 Å². The van der Waals surface area contributed by atoms with Gasteiger partial charge in [0.25, 0.3) is 0 Å². The summed E-state index contributed by atoms with van der Waals surface area (Å²) < 4.78 is 16.8. The van der Waals surface area contributed by atoms with Crippen molar-refractivity contribution in [2.24, 2.45) is 11.8 Å². The lowest BCUT2D eigenvalue weighted by Gasteiger charge is -2.18. The molecule has 0 aliphatic rings. The number of hydrogen-bond donors (Lipinski definition) is 0. The Labute approximate surface area is 374 Å². The lowest BCUT2D eigenvalue weighted by atomic mass is 9.99. The number of carbonyl (C=O) groups is 3. The van der Waals surface area contributed by atoms with Gasteiger partial charge in [-0.25, -0.2) is 0 Å². The van der Waals surface area contributed by atoms with Crippen molar-refractivity contribution in [2.75, 3.05) is 13.2 Å². The van der Waals surface area contributed by atoms with Crippen LogP contribution in [0.3, 0.4) is 0 Å². The van der Waals surface area contributed by atoms with E-state index in [-0.39, 0.29) is 31.1 Å². The minimum Gasteiger partial charge on any atom is -0.462 e. The van der Waals surface area contributed by atoms with E-state index in [1.807, 2.05) is 0 Å². The summed E-state index contributed by atoms with van der Waals surface area (Å²) in [5.41, 5.74) is 0. The molecule has 0 rings (SSSR count). The second-order valence-corrected chi connectivity index (χ2v) is 19.2. The van der Waals surface area contributed by atoms with E-state index in [1.54, 1.807) is 0 Å². The van der Waals surface area contributed by atoms with Gasteiger partial charge in [0.2, 0.25) is 0 Å². The van der Waals surface area contributed by atoms with Gasteiger partial charge in [-0.15, -0.1) is 0 Å². The van der Waals surface area contributed by atoms with Crippen LogP contribution in [0.15, 0.2) is 0 Å². The third kappa shape index (κ3) is 45.9. The van der Waals surface area contributed by atoms with Crippen molar-refractivity contribution in [1.82, 2.24) is 0 Å². The van der Waals surface area contributed by atoms with Crippen molar-refractivity contribution in [3.63, 3.8) is 0 Å². The number of unbranched alkanes of at least 4 members (excludes halogenated alkanes) is 32. The highest BCUT2D eigenvalue weighted by atomic mass is 16.6. The molecule has 6 nitrogen and oxygen atoms in total. The maximum absolute atomic E-state index is 12.8. The molecule has 0 fully saturated rings. The molecule has 0 saturated carbocycles. The van der Waals surface area contributed by atoms with E-state index >= 15 is 0 Å². The minimum atomic E-state index is -0.762. The molecule has 0 aromatic heterocycles. The molecule has 2 atom stereocenters. The Morgan fingerprint density at radius 3 is 0.950 bits per heavy atom. The van der Waals surface area contributed by atoms with Gasteiger partial charge in [-0.3, -0.25) is 14.4 Å². The first kappa shape index (κ1) is 58.4. The lowest BCUT2D eigenvalue weighted by Crippen LogP contribution is -2.30. The Hall–Kier alpha value is -1.59. The summed E-state index contributed by atoms with van der Waals surface area (Å²) in [7, 11) is 0.